The third-order valence-electron chi connectivity index (χ3n) is 2.69. The van der Waals surface area contributed by atoms with Gasteiger partial charge >= 0.3 is 0 Å². The Morgan fingerprint density at radius 3 is 2.58 bits per heavy atom. The van der Waals surface area contributed by atoms with E-state index >= 15 is 0 Å². The molecule has 4 nitrogen and oxygen atoms in total. The lowest BCUT2D eigenvalue weighted by molar-refractivity contribution is -0.152. The SMILES string of the molecule is CCOC(COc1cccc2ncccc12)OCC. The molecule has 0 unspecified atom stereocenters. The molecular formula is C15H19NO3. The normalized spacial score (nSPS) is 11.1. The van der Waals surface area contributed by atoms with E-state index in [1.165, 1.54) is 0 Å². The zero-order valence-corrected chi connectivity index (χ0v) is 11.3. The number of nitrogens with zero attached hydrogens (tertiary/aromatic N) is 1. The van der Waals surface area contributed by atoms with Crippen molar-refractivity contribution >= 4 is 10.9 Å². The minimum Gasteiger partial charge on any atom is -0.488 e. The highest BCUT2D eigenvalue weighted by Crippen LogP contribution is 2.23. The summed E-state index contributed by atoms with van der Waals surface area (Å²) in [5.41, 5.74) is 0.921. The minimum atomic E-state index is -0.332. The van der Waals surface area contributed by atoms with E-state index in [1.807, 2.05) is 44.2 Å². The Kier molecular flexibility index (Phi) is 5.12. The highest BCUT2D eigenvalue weighted by atomic mass is 16.7. The average molecular weight is 261 g/mol. The van der Waals surface area contributed by atoms with Gasteiger partial charge in [-0.25, -0.2) is 0 Å². The van der Waals surface area contributed by atoms with Gasteiger partial charge in [0.15, 0.2) is 6.29 Å². The first-order valence-electron chi connectivity index (χ1n) is 6.55. The molecule has 0 aliphatic heterocycles. The van der Waals surface area contributed by atoms with Crippen LogP contribution in [0.1, 0.15) is 13.8 Å². The van der Waals surface area contributed by atoms with E-state index in [0.717, 1.165) is 16.7 Å². The summed E-state index contributed by atoms with van der Waals surface area (Å²) < 4.78 is 16.7. The predicted octanol–water partition coefficient (Wildman–Crippen LogP) is 3.01. The summed E-state index contributed by atoms with van der Waals surface area (Å²) in [6.07, 6.45) is 1.44. The van der Waals surface area contributed by atoms with Gasteiger partial charge in [-0.1, -0.05) is 6.07 Å². The first kappa shape index (κ1) is 13.8. The second-order valence-corrected chi connectivity index (χ2v) is 3.98. The highest BCUT2D eigenvalue weighted by molar-refractivity contribution is 5.84. The van der Waals surface area contributed by atoms with Crippen molar-refractivity contribution in [3.63, 3.8) is 0 Å². The van der Waals surface area contributed by atoms with E-state index in [2.05, 4.69) is 4.98 Å². The van der Waals surface area contributed by atoms with Crippen LogP contribution < -0.4 is 4.74 Å². The lowest BCUT2D eigenvalue weighted by Crippen LogP contribution is -2.25. The van der Waals surface area contributed by atoms with Crippen LogP contribution in [0, 0.1) is 0 Å². The van der Waals surface area contributed by atoms with Crippen molar-refractivity contribution in [3.05, 3.63) is 36.5 Å². The molecule has 0 spiro atoms. The van der Waals surface area contributed by atoms with E-state index in [4.69, 9.17) is 14.2 Å². The predicted molar refractivity (Wildman–Crippen MR) is 74.3 cm³/mol. The van der Waals surface area contributed by atoms with E-state index < -0.39 is 0 Å². The van der Waals surface area contributed by atoms with Gasteiger partial charge in [-0.3, -0.25) is 4.98 Å². The van der Waals surface area contributed by atoms with E-state index in [1.54, 1.807) is 6.20 Å². The maximum Gasteiger partial charge on any atom is 0.191 e. The first-order valence-corrected chi connectivity index (χ1v) is 6.55. The summed E-state index contributed by atoms with van der Waals surface area (Å²) in [6, 6.07) is 9.72. The van der Waals surface area contributed by atoms with Crippen LogP contribution in [-0.2, 0) is 9.47 Å². The van der Waals surface area contributed by atoms with Crippen LogP contribution in [0.4, 0.5) is 0 Å². The van der Waals surface area contributed by atoms with Crippen LogP contribution in [-0.4, -0.2) is 31.1 Å². The van der Waals surface area contributed by atoms with Crippen LogP contribution in [0.15, 0.2) is 36.5 Å². The lowest BCUT2D eigenvalue weighted by Gasteiger charge is -2.18. The van der Waals surface area contributed by atoms with Crippen molar-refractivity contribution in [1.29, 1.82) is 0 Å². The summed E-state index contributed by atoms with van der Waals surface area (Å²) in [5.74, 6) is 0.801. The molecule has 0 radical (unpaired) electrons. The monoisotopic (exact) mass is 261 g/mol. The molecule has 4 heteroatoms. The topological polar surface area (TPSA) is 40.6 Å². The summed E-state index contributed by atoms with van der Waals surface area (Å²) >= 11 is 0. The van der Waals surface area contributed by atoms with Crippen molar-refractivity contribution in [2.45, 2.75) is 20.1 Å². The van der Waals surface area contributed by atoms with Gasteiger partial charge in [0, 0.05) is 24.8 Å². The number of rotatable bonds is 7. The maximum atomic E-state index is 5.80. The van der Waals surface area contributed by atoms with Crippen molar-refractivity contribution in [2.24, 2.45) is 0 Å². The van der Waals surface area contributed by atoms with Gasteiger partial charge in [-0.15, -0.1) is 0 Å². The third-order valence-corrected chi connectivity index (χ3v) is 2.69. The van der Waals surface area contributed by atoms with Gasteiger partial charge < -0.3 is 14.2 Å². The van der Waals surface area contributed by atoms with Crippen LogP contribution in [0.3, 0.4) is 0 Å². The molecule has 0 aliphatic carbocycles. The number of hydrogen-bond acceptors (Lipinski definition) is 4. The molecule has 1 heterocycles. The van der Waals surface area contributed by atoms with E-state index in [0.29, 0.717) is 19.8 Å². The van der Waals surface area contributed by atoms with E-state index in [-0.39, 0.29) is 6.29 Å². The van der Waals surface area contributed by atoms with Crippen LogP contribution in [0.5, 0.6) is 5.75 Å². The fourth-order valence-electron chi connectivity index (χ4n) is 1.87. The second kappa shape index (κ2) is 7.07. The molecule has 0 fully saturated rings. The van der Waals surface area contributed by atoms with E-state index in [9.17, 15) is 0 Å². The van der Waals surface area contributed by atoms with Crippen LogP contribution in [0.2, 0.25) is 0 Å². The fraction of sp³-hybridized carbons (Fsp3) is 0.400. The Morgan fingerprint density at radius 2 is 1.84 bits per heavy atom. The molecule has 0 saturated heterocycles. The number of fused-ring (bicyclic) bond motifs is 1. The Morgan fingerprint density at radius 1 is 1.05 bits per heavy atom. The molecule has 102 valence electrons. The van der Waals surface area contributed by atoms with Crippen LogP contribution >= 0.6 is 0 Å². The van der Waals surface area contributed by atoms with Crippen molar-refractivity contribution in [2.75, 3.05) is 19.8 Å². The number of pyridine rings is 1. The molecular weight excluding hydrogens is 242 g/mol. The minimum absolute atomic E-state index is 0.332. The fourth-order valence-corrected chi connectivity index (χ4v) is 1.87. The Bertz CT molecular complexity index is 504. The largest absolute Gasteiger partial charge is 0.488 e. The quantitative estimate of drug-likeness (QED) is 0.718. The number of benzene rings is 1. The molecule has 1 aromatic carbocycles. The van der Waals surface area contributed by atoms with Gasteiger partial charge in [0.1, 0.15) is 12.4 Å². The Hall–Kier alpha value is -1.65. The second-order valence-electron chi connectivity index (χ2n) is 3.98. The molecule has 19 heavy (non-hydrogen) atoms. The van der Waals surface area contributed by atoms with Crippen molar-refractivity contribution in [3.8, 4) is 5.75 Å². The smallest absolute Gasteiger partial charge is 0.191 e. The first-order chi connectivity index (χ1) is 9.35. The zero-order chi connectivity index (χ0) is 13.5. The molecule has 2 rings (SSSR count). The highest BCUT2D eigenvalue weighted by Gasteiger charge is 2.10. The Labute approximate surface area is 113 Å². The molecule has 2 aromatic rings. The van der Waals surface area contributed by atoms with Crippen molar-refractivity contribution in [1.82, 2.24) is 4.98 Å². The molecule has 0 bridgehead atoms. The summed E-state index contributed by atoms with van der Waals surface area (Å²) in [4.78, 5) is 4.30. The summed E-state index contributed by atoms with van der Waals surface area (Å²) in [6.45, 7) is 5.45. The molecule has 0 aliphatic rings. The maximum absolute atomic E-state index is 5.80. The third kappa shape index (κ3) is 3.66. The van der Waals surface area contributed by atoms with Gasteiger partial charge in [0.25, 0.3) is 0 Å². The molecule has 0 N–H and O–H groups in total. The zero-order valence-electron chi connectivity index (χ0n) is 11.3. The average Bonchev–Trinajstić information content (AvgIpc) is 2.45. The van der Waals surface area contributed by atoms with Gasteiger partial charge in [0.05, 0.1) is 5.52 Å². The molecule has 0 amide bonds. The standard InChI is InChI=1S/C15H19NO3/c1-3-17-15(18-4-2)11-19-14-9-5-8-13-12(14)7-6-10-16-13/h5-10,15H,3-4,11H2,1-2H3. The Balaban J connectivity index is 2.08. The van der Waals surface area contributed by atoms with Gasteiger partial charge in [-0.2, -0.15) is 0 Å². The van der Waals surface area contributed by atoms with Gasteiger partial charge in [0.2, 0.25) is 0 Å². The van der Waals surface area contributed by atoms with Crippen molar-refractivity contribution < 1.29 is 14.2 Å². The van der Waals surface area contributed by atoms with Gasteiger partial charge in [-0.05, 0) is 38.1 Å². The lowest BCUT2D eigenvalue weighted by atomic mass is 10.2. The molecule has 1 aromatic heterocycles. The molecule has 0 saturated carbocycles. The summed E-state index contributed by atoms with van der Waals surface area (Å²) in [7, 11) is 0. The number of hydrogen-bond donors (Lipinski definition) is 0. The molecule has 0 atom stereocenters. The number of aromatic nitrogens is 1. The van der Waals surface area contributed by atoms with Crippen LogP contribution in [0.25, 0.3) is 10.9 Å². The number of ether oxygens (including phenoxy) is 3. The summed E-state index contributed by atoms with van der Waals surface area (Å²) in [5, 5.41) is 0.997.